The Labute approximate surface area is 208 Å². The van der Waals surface area contributed by atoms with Gasteiger partial charge in [0, 0.05) is 35.7 Å². The standard InChI is InChI=1S/C25H32N2O5S2/c1-2-26-24(29)31-19-10-8-18(9-11-19)20-12-13-21(34-20)25(14-4-6-16-33-25)17-22(28)27-32-23-7-3-5-15-30-23/h8-13,23H,2-7,14-17H2,1H3,(H,26,29)(H,27,28)/t23?,25-/m0/s1. The topological polar surface area (TPSA) is 85.9 Å². The molecule has 184 valence electrons. The van der Waals surface area contributed by atoms with Crippen LogP contribution in [0.25, 0.3) is 10.4 Å². The van der Waals surface area contributed by atoms with Gasteiger partial charge in [0.2, 0.25) is 5.91 Å². The van der Waals surface area contributed by atoms with E-state index < -0.39 is 6.09 Å². The summed E-state index contributed by atoms with van der Waals surface area (Å²) in [6, 6.07) is 11.8. The van der Waals surface area contributed by atoms with Gasteiger partial charge in [0.25, 0.3) is 0 Å². The van der Waals surface area contributed by atoms with Gasteiger partial charge in [0.15, 0.2) is 6.29 Å². The molecule has 2 saturated heterocycles. The number of carbonyl (C=O) groups excluding carboxylic acids is 2. The molecule has 0 spiro atoms. The highest BCUT2D eigenvalue weighted by molar-refractivity contribution is 8.00. The molecule has 0 saturated carbocycles. The van der Waals surface area contributed by atoms with Gasteiger partial charge in [-0.05, 0) is 80.3 Å². The summed E-state index contributed by atoms with van der Waals surface area (Å²) in [6.07, 6.45) is 5.71. The Morgan fingerprint density at radius 1 is 1.12 bits per heavy atom. The Morgan fingerprint density at radius 2 is 1.97 bits per heavy atom. The summed E-state index contributed by atoms with van der Waals surface area (Å²) in [5, 5.41) is 2.62. The Hall–Kier alpha value is -2.07. The number of benzene rings is 1. The molecule has 0 radical (unpaired) electrons. The van der Waals surface area contributed by atoms with E-state index in [4.69, 9.17) is 14.3 Å². The van der Waals surface area contributed by atoms with Crippen LogP contribution in [-0.4, -0.2) is 37.2 Å². The fourth-order valence-corrected chi connectivity index (χ4v) is 7.11. The summed E-state index contributed by atoms with van der Waals surface area (Å²) in [5.41, 5.74) is 3.70. The van der Waals surface area contributed by atoms with Gasteiger partial charge in [0.05, 0.1) is 4.75 Å². The lowest BCUT2D eigenvalue weighted by molar-refractivity contribution is -0.200. The first-order valence-corrected chi connectivity index (χ1v) is 13.7. The third kappa shape index (κ3) is 6.53. The lowest BCUT2D eigenvalue weighted by Gasteiger charge is -2.35. The van der Waals surface area contributed by atoms with Crippen LogP contribution < -0.4 is 15.5 Å². The van der Waals surface area contributed by atoms with Gasteiger partial charge in [-0.2, -0.15) is 0 Å². The molecular formula is C25H32N2O5S2. The van der Waals surface area contributed by atoms with E-state index in [0.29, 0.717) is 25.3 Å². The molecule has 7 nitrogen and oxygen atoms in total. The van der Waals surface area contributed by atoms with E-state index in [9.17, 15) is 9.59 Å². The van der Waals surface area contributed by atoms with Crippen molar-refractivity contribution < 1.29 is 23.9 Å². The molecule has 1 aromatic heterocycles. The summed E-state index contributed by atoms with van der Waals surface area (Å²) < 4.78 is 10.6. The van der Waals surface area contributed by atoms with E-state index in [-0.39, 0.29) is 16.9 Å². The third-order valence-corrected chi connectivity index (χ3v) is 9.05. The smallest absolute Gasteiger partial charge is 0.410 e. The Kier molecular flexibility index (Phi) is 8.88. The molecule has 2 amide bonds. The predicted molar refractivity (Wildman–Crippen MR) is 135 cm³/mol. The number of amides is 2. The van der Waals surface area contributed by atoms with Crippen LogP contribution in [0.4, 0.5) is 4.79 Å². The minimum atomic E-state index is -0.456. The molecule has 9 heteroatoms. The lowest BCUT2D eigenvalue weighted by Crippen LogP contribution is -2.37. The summed E-state index contributed by atoms with van der Waals surface area (Å²) in [5.74, 6) is 1.44. The number of thioether (sulfide) groups is 1. The summed E-state index contributed by atoms with van der Waals surface area (Å²) >= 11 is 3.60. The van der Waals surface area contributed by atoms with E-state index in [1.165, 1.54) is 11.3 Å². The fourth-order valence-electron chi connectivity index (χ4n) is 4.22. The molecular weight excluding hydrogens is 472 g/mol. The molecule has 0 bridgehead atoms. The fraction of sp³-hybridized carbons (Fsp3) is 0.520. The lowest BCUT2D eigenvalue weighted by atomic mass is 9.94. The molecule has 0 aliphatic carbocycles. The zero-order valence-electron chi connectivity index (χ0n) is 19.5. The highest BCUT2D eigenvalue weighted by atomic mass is 32.2. The van der Waals surface area contributed by atoms with Crippen molar-refractivity contribution in [1.82, 2.24) is 10.8 Å². The molecule has 2 aliphatic heterocycles. The highest BCUT2D eigenvalue weighted by Gasteiger charge is 2.38. The normalized spacial score (nSPS) is 22.7. The van der Waals surface area contributed by atoms with Crippen LogP contribution in [0.2, 0.25) is 0 Å². The van der Waals surface area contributed by atoms with Crippen LogP contribution in [-0.2, 0) is 19.1 Å². The highest BCUT2D eigenvalue weighted by Crippen LogP contribution is 2.50. The van der Waals surface area contributed by atoms with Crippen molar-refractivity contribution >= 4 is 35.1 Å². The molecule has 4 rings (SSSR count). The Morgan fingerprint density at radius 3 is 2.68 bits per heavy atom. The van der Waals surface area contributed by atoms with Gasteiger partial charge in [-0.25, -0.2) is 15.1 Å². The van der Waals surface area contributed by atoms with Gasteiger partial charge in [-0.1, -0.05) is 6.42 Å². The minimum absolute atomic E-state index is 0.106. The first-order valence-electron chi connectivity index (χ1n) is 11.9. The average Bonchev–Trinajstić information content (AvgIpc) is 3.36. The third-order valence-electron chi connectivity index (χ3n) is 5.97. The van der Waals surface area contributed by atoms with Crippen LogP contribution in [0.5, 0.6) is 5.75 Å². The van der Waals surface area contributed by atoms with Gasteiger partial charge in [0.1, 0.15) is 5.75 Å². The van der Waals surface area contributed by atoms with Crippen LogP contribution in [0.3, 0.4) is 0 Å². The van der Waals surface area contributed by atoms with Gasteiger partial charge < -0.3 is 14.8 Å². The first kappa shape index (κ1) is 25.0. The second-order valence-corrected chi connectivity index (χ2v) is 11.1. The molecule has 2 N–H and O–H groups in total. The van der Waals surface area contributed by atoms with Gasteiger partial charge >= 0.3 is 6.09 Å². The van der Waals surface area contributed by atoms with Crippen molar-refractivity contribution in [2.24, 2.45) is 0 Å². The Bertz CT molecular complexity index is 950. The molecule has 1 aromatic carbocycles. The van der Waals surface area contributed by atoms with Crippen molar-refractivity contribution in [3.8, 4) is 16.2 Å². The maximum atomic E-state index is 12.8. The van der Waals surface area contributed by atoms with Crippen molar-refractivity contribution in [3.63, 3.8) is 0 Å². The number of rotatable bonds is 8. The first-order chi connectivity index (χ1) is 16.6. The second kappa shape index (κ2) is 12.1. The van der Waals surface area contributed by atoms with E-state index in [0.717, 1.165) is 48.3 Å². The largest absolute Gasteiger partial charge is 0.412 e. The molecule has 2 atom stereocenters. The van der Waals surface area contributed by atoms with Crippen LogP contribution >= 0.6 is 23.1 Å². The molecule has 3 heterocycles. The average molecular weight is 505 g/mol. The summed E-state index contributed by atoms with van der Waals surface area (Å²) in [4.78, 5) is 32.3. The van der Waals surface area contributed by atoms with Crippen molar-refractivity contribution in [2.75, 3.05) is 18.9 Å². The van der Waals surface area contributed by atoms with Crippen LogP contribution in [0, 0.1) is 0 Å². The van der Waals surface area contributed by atoms with Crippen LogP contribution in [0.1, 0.15) is 56.7 Å². The zero-order valence-corrected chi connectivity index (χ0v) is 21.1. The quantitative estimate of drug-likeness (QED) is 0.455. The van der Waals surface area contributed by atoms with E-state index in [1.807, 2.05) is 30.8 Å². The van der Waals surface area contributed by atoms with Gasteiger partial charge in [-0.3, -0.25) is 4.79 Å². The van der Waals surface area contributed by atoms with E-state index >= 15 is 0 Å². The van der Waals surface area contributed by atoms with Gasteiger partial charge in [-0.15, -0.1) is 23.1 Å². The van der Waals surface area contributed by atoms with Crippen molar-refractivity contribution in [1.29, 1.82) is 0 Å². The SMILES string of the molecule is CCNC(=O)Oc1ccc(-c2ccc([C@@]3(CC(=O)NOC4CCCCO4)CCCCS3)s2)cc1. The minimum Gasteiger partial charge on any atom is -0.410 e. The maximum absolute atomic E-state index is 12.8. The molecule has 2 aromatic rings. The number of ether oxygens (including phenoxy) is 2. The number of hydroxylamine groups is 1. The number of nitrogens with one attached hydrogen (secondary N) is 2. The van der Waals surface area contributed by atoms with Crippen molar-refractivity contribution in [2.45, 2.75) is 62.9 Å². The molecule has 2 fully saturated rings. The number of hydrogen-bond donors (Lipinski definition) is 2. The Balaban J connectivity index is 1.42. The van der Waals surface area contributed by atoms with E-state index in [2.05, 4.69) is 22.9 Å². The molecule has 34 heavy (non-hydrogen) atoms. The number of hydrogen-bond acceptors (Lipinski definition) is 7. The number of thiophene rings is 1. The van der Waals surface area contributed by atoms with Crippen LogP contribution in [0.15, 0.2) is 36.4 Å². The van der Waals surface area contributed by atoms with Crippen molar-refractivity contribution in [3.05, 3.63) is 41.3 Å². The maximum Gasteiger partial charge on any atom is 0.412 e. The number of carbonyl (C=O) groups is 2. The zero-order chi connectivity index (χ0) is 23.8. The predicted octanol–water partition coefficient (Wildman–Crippen LogP) is 5.60. The molecule has 2 aliphatic rings. The molecule has 1 unspecified atom stereocenters. The second-order valence-electron chi connectivity index (χ2n) is 8.52. The monoisotopic (exact) mass is 504 g/mol. The summed E-state index contributed by atoms with van der Waals surface area (Å²) in [6.45, 7) is 3.04. The van der Waals surface area contributed by atoms with E-state index in [1.54, 1.807) is 23.5 Å². The summed E-state index contributed by atoms with van der Waals surface area (Å²) in [7, 11) is 0.